The summed E-state index contributed by atoms with van der Waals surface area (Å²) in [4.78, 5) is 21.9. The summed E-state index contributed by atoms with van der Waals surface area (Å²) in [7, 11) is 1.70. The Balaban J connectivity index is 1.57. The molecule has 8 heteroatoms. The fourth-order valence-corrected chi connectivity index (χ4v) is 5.12. The van der Waals surface area contributed by atoms with E-state index in [0.717, 1.165) is 52.7 Å². The molecule has 0 spiro atoms. The van der Waals surface area contributed by atoms with Crippen LogP contribution < -0.4 is 4.74 Å². The molecule has 0 unspecified atom stereocenters. The number of piperidine rings is 1. The number of methoxy groups -OCH3 is 1. The molecule has 2 aromatic carbocycles. The third kappa shape index (κ3) is 3.87. The van der Waals surface area contributed by atoms with Crippen LogP contribution in [-0.4, -0.2) is 49.4 Å². The topological polar surface area (TPSA) is 96.3 Å². The van der Waals surface area contributed by atoms with E-state index in [0.29, 0.717) is 12.1 Å². The van der Waals surface area contributed by atoms with E-state index in [9.17, 15) is 9.90 Å². The van der Waals surface area contributed by atoms with E-state index in [4.69, 9.17) is 4.74 Å². The quantitative estimate of drug-likeness (QED) is 0.458. The van der Waals surface area contributed by atoms with Gasteiger partial charge in [-0.2, -0.15) is 5.10 Å². The van der Waals surface area contributed by atoms with E-state index in [1.54, 1.807) is 31.9 Å². The Morgan fingerprint density at radius 2 is 2.15 bits per heavy atom. The zero-order valence-electron chi connectivity index (χ0n) is 18.7. The van der Waals surface area contributed by atoms with Crippen LogP contribution in [0.4, 0.5) is 0 Å². The molecule has 8 nitrogen and oxygen atoms in total. The second-order valence-electron chi connectivity index (χ2n) is 8.57. The number of hydrogen-bond donors (Lipinski definition) is 2. The lowest BCUT2D eigenvalue weighted by atomic mass is 9.88. The molecule has 1 aliphatic rings. The normalized spacial score (nSPS) is 19.1. The van der Waals surface area contributed by atoms with Crippen LogP contribution in [0.2, 0.25) is 0 Å². The number of carboxylic acid groups (broad SMARTS) is 1. The van der Waals surface area contributed by atoms with Gasteiger partial charge in [0, 0.05) is 41.8 Å². The van der Waals surface area contributed by atoms with Crippen molar-refractivity contribution in [2.24, 2.45) is 0 Å². The molecule has 1 fully saturated rings. The lowest BCUT2D eigenvalue weighted by molar-refractivity contribution is 0.0682. The summed E-state index contributed by atoms with van der Waals surface area (Å²) < 4.78 is 7.66. The van der Waals surface area contributed by atoms with Crippen LogP contribution in [0.5, 0.6) is 5.75 Å². The van der Waals surface area contributed by atoms with E-state index in [1.807, 2.05) is 23.0 Å². The number of likely N-dealkylation sites (tertiary alicyclic amines) is 1. The van der Waals surface area contributed by atoms with Gasteiger partial charge in [-0.05, 0) is 49.1 Å². The first-order valence-corrected chi connectivity index (χ1v) is 11.1. The van der Waals surface area contributed by atoms with E-state index >= 15 is 0 Å². The highest BCUT2D eigenvalue weighted by Gasteiger charge is 2.34. The number of ether oxygens (including phenoxy) is 1. The van der Waals surface area contributed by atoms with Crippen molar-refractivity contribution in [3.63, 3.8) is 0 Å². The van der Waals surface area contributed by atoms with Crippen molar-refractivity contribution >= 4 is 16.9 Å². The molecule has 2 atom stereocenters. The third-order valence-corrected chi connectivity index (χ3v) is 6.74. The van der Waals surface area contributed by atoms with Gasteiger partial charge in [0.2, 0.25) is 0 Å². The van der Waals surface area contributed by atoms with Crippen molar-refractivity contribution in [2.75, 3.05) is 13.7 Å². The summed E-state index contributed by atoms with van der Waals surface area (Å²) in [6.07, 6.45) is 6.89. The molecule has 0 bridgehead atoms. The maximum absolute atomic E-state index is 12.0. The van der Waals surface area contributed by atoms with Crippen molar-refractivity contribution in [2.45, 2.75) is 38.4 Å². The number of aromatic carboxylic acids is 1. The second-order valence-corrected chi connectivity index (χ2v) is 8.57. The Morgan fingerprint density at radius 3 is 2.91 bits per heavy atom. The van der Waals surface area contributed by atoms with Gasteiger partial charge < -0.3 is 14.8 Å². The van der Waals surface area contributed by atoms with Crippen molar-refractivity contribution in [1.82, 2.24) is 24.6 Å². The first-order chi connectivity index (χ1) is 16.1. The van der Waals surface area contributed by atoms with Crippen LogP contribution in [0.1, 0.15) is 52.0 Å². The van der Waals surface area contributed by atoms with Crippen LogP contribution in [0.25, 0.3) is 10.9 Å². The Kier molecular flexibility index (Phi) is 5.60. The molecule has 1 aliphatic heterocycles. The molecule has 33 heavy (non-hydrogen) atoms. The van der Waals surface area contributed by atoms with Crippen LogP contribution in [0.3, 0.4) is 0 Å². The molecule has 0 aliphatic carbocycles. The fraction of sp³-hybridized carbons (Fsp3) is 0.320. The van der Waals surface area contributed by atoms with Gasteiger partial charge in [-0.3, -0.25) is 4.90 Å². The molecular formula is C25H27N5O3. The van der Waals surface area contributed by atoms with Gasteiger partial charge in [0.15, 0.2) is 0 Å². The molecule has 2 aromatic heterocycles. The highest BCUT2D eigenvalue weighted by molar-refractivity contribution is 5.90. The Labute approximate surface area is 191 Å². The fourth-order valence-electron chi connectivity index (χ4n) is 5.12. The molecule has 170 valence electrons. The predicted octanol–water partition coefficient (Wildman–Crippen LogP) is 4.35. The minimum atomic E-state index is -0.908. The number of benzene rings is 2. The maximum Gasteiger partial charge on any atom is 0.336 e. The summed E-state index contributed by atoms with van der Waals surface area (Å²) in [6, 6.07) is 11.5. The number of aryl methyl sites for hydroxylation is 1. The Morgan fingerprint density at radius 1 is 1.30 bits per heavy atom. The monoisotopic (exact) mass is 445 g/mol. The lowest BCUT2D eigenvalue weighted by Gasteiger charge is -2.40. The molecular weight excluding hydrogens is 418 g/mol. The third-order valence-electron chi connectivity index (χ3n) is 6.74. The average molecular weight is 446 g/mol. The van der Waals surface area contributed by atoms with Gasteiger partial charge in [0.25, 0.3) is 0 Å². The number of carbonyl (C=O) groups is 1. The van der Waals surface area contributed by atoms with Crippen LogP contribution in [0, 0.1) is 6.92 Å². The predicted molar refractivity (Wildman–Crippen MR) is 124 cm³/mol. The van der Waals surface area contributed by atoms with Gasteiger partial charge in [0.05, 0.1) is 18.7 Å². The number of hydrogen-bond acceptors (Lipinski definition) is 5. The number of rotatable bonds is 6. The first-order valence-electron chi connectivity index (χ1n) is 11.1. The van der Waals surface area contributed by atoms with Gasteiger partial charge >= 0.3 is 5.97 Å². The molecule has 0 saturated carbocycles. The molecule has 2 N–H and O–H groups in total. The van der Waals surface area contributed by atoms with Crippen molar-refractivity contribution in [3.8, 4) is 5.75 Å². The van der Waals surface area contributed by atoms with Gasteiger partial charge in [-0.15, -0.1) is 0 Å². The SMILES string of the molecule is COc1cc(C)c2[nH]ccc2c1CN1CC[C@@H](n2cncn2)C[C@@H]1c1ccccc1C(=O)O. The number of carboxylic acids is 1. The molecule has 4 aromatic rings. The van der Waals surface area contributed by atoms with Gasteiger partial charge in [-0.1, -0.05) is 18.2 Å². The second kappa shape index (κ2) is 8.71. The largest absolute Gasteiger partial charge is 0.496 e. The van der Waals surface area contributed by atoms with Gasteiger partial charge in [0.1, 0.15) is 18.4 Å². The molecule has 0 radical (unpaired) electrons. The van der Waals surface area contributed by atoms with Gasteiger partial charge in [-0.25, -0.2) is 14.5 Å². The minimum Gasteiger partial charge on any atom is -0.496 e. The number of nitrogens with zero attached hydrogens (tertiary/aromatic N) is 4. The van der Waals surface area contributed by atoms with E-state index in [1.165, 1.54) is 0 Å². The first kappa shape index (κ1) is 21.2. The van der Waals surface area contributed by atoms with Crippen LogP contribution in [0.15, 0.2) is 55.2 Å². The summed E-state index contributed by atoms with van der Waals surface area (Å²) in [6.45, 7) is 3.52. The molecule has 0 amide bonds. The lowest BCUT2D eigenvalue weighted by Crippen LogP contribution is -2.38. The molecule has 5 rings (SSSR count). The smallest absolute Gasteiger partial charge is 0.336 e. The standard InChI is InChI=1S/C25H27N5O3/c1-16-11-23(33-2)21(19-7-9-27-24(16)19)13-29-10-8-17(30-15-26-14-28-30)12-22(29)18-5-3-4-6-20(18)25(31)32/h3-7,9,11,14-15,17,22,27H,8,10,12-13H2,1-2H3,(H,31,32)/t17-,22-/m1/s1. The van der Waals surface area contributed by atoms with Crippen molar-refractivity contribution in [1.29, 1.82) is 0 Å². The van der Waals surface area contributed by atoms with Crippen molar-refractivity contribution < 1.29 is 14.6 Å². The molecule has 3 heterocycles. The van der Waals surface area contributed by atoms with E-state index in [-0.39, 0.29) is 12.1 Å². The highest BCUT2D eigenvalue weighted by atomic mass is 16.5. The zero-order chi connectivity index (χ0) is 22.9. The summed E-state index contributed by atoms with van der Waals surface area (Å²) in [5.41, 5.74) is 4.51. The average Bonchev–Trinajstić information content (AvgIpc) is 3.54. The molecule has 1 saturated heterocycles. The number of nitrogens with one attached hydrogen (secondary N) is 1. The summed E-state index contributed by atoms with van der Waals surface area (Å²) in [5, 5.41) is 15.4. The zero-order valence-corrected chi connectivity index (χ0v) is 18.7. The van der Waals surface area contributed by atoms with Crippen LogP contribution in [-0.2, 0) is 6.54 Å². The minimum absolute atomic E-state index is 0.0831. The highest BCUT2D eigenvalue weighted by Crippen LogP contribution is 2.41. The summed E-state index contributed by atoms with van der Waals surface area (Å²) >= 11 is 0. The number of H-pyrrole nitrogens is 1. The number of fused-ring (bicyclic) bond motifs is 1. The van der Waals surface area contributed by atoms with Crippen molar-refractivity contribution in [3.05, 3.63) is 77.5 Å². The Bertz CT molecular complexity index is 1280. The Hall–Kier alpha value is -3.65. The summed E-state index contributed by atoms with van der Waals surface area (Å²) in [5.74, 6) is -0.0577. The van der Waals surface area contributed by atoms with E-state index in [2.05, 4.69) is 39.0 Å². The number of aromatic nitrogens is 4. The van der Waals surface area contributed by atoms with Crippen LogP contribution >= 0.6 is 0 Å². The number of aromatic amines is 1. The maximum atomic E-state index is 12.0. The van der Waals surface area contributed by atoms with E-state index < -0.39 is 5.97 Å².